The van der Waals surface area contributed by atoms with Gasteiger partial charge in [0.1, 0.15) is 0 Å². The van der Waals surface area contributed by atoms with Crippen LogP contribution in [0.5, 0.6) is 0 Å². The molecular weight excluding hydrogens is 124 g/mol. The molecule has 0 unspecified atom stereocenters. The molecule has 0 heterocycles. The first kappa shape index (κ1) is 8.40. The summed E-state index contributed by atoms with van der Waals surface area (Å²) in [5.41, 5.74) is 4.63. The van der Waals surface area contributed by atoms with Crippen LogP contribution in [0.1, 0.15) is 20.3 Å². The largest absolute Gasteiger partial charge is 0.397 e. The summed E-state index contributed by atoms with van der Waals surface area (Å²) in [6.07, 6.45) is 1.87. The van der Waals surface area contributed by atoms with E-state index in [2.05, 4.69) is 0 Å². The highest BCUT2D eigenvalue weighted by Gasteiger charge is 2.23. The summed E-state index contributed by atoms with van der Waals surface area (Å²) in [7, 11) is 0. The Morgan fingerprint density at radius 1 is 1.67 bits per heavy atom. The summed E-state index contributed by atoms with van der Waals surface area (Å²) in [4.78, 5) is 0. The molecule has 0 aliphatic carbocycles. The van der Waals surface area contributed by atoms with Crippen LogP contribution in [0, 0.1) is 0 Å². The second kappa shape index (κ2) is 2.80. The van der Waals surface area contributed by atoms with Gasteiger partial charge in [0, 0.05) is 6.92 Å². The molecule has 0 aromatic carbocycles. The lowest BCUT2D eigenvalue weighted by Crippen LogP contribution is -2.20. The average molecular weight is 135 g/mol. The van der Waals surface area contributed by atoms with Crippen LogP contribution < -0.4 is 5.73 Å². The molecule has 3 heteroatoms. The Morgan fingerprint density at radius 2 is 2.11 bits per heavy atom. The van der Waals surface area contributed by atoms with Crippen LogP contribution in [0.2, 0.25) is 0 Å². The monoisotopic (exact) mass is 135 g/mol. The van der Waals surface area contributed by atoms with Crippen molar-refractivity contribution in [3.05, 3.63) is 11.8 Å². The summed E-state index contributed by atoms with van der Waals surface area (Å²) >= 11 is 0. The standard InChI is InChI=1S/C6H11F2N/c1-3-4-5(9)6(2,7)8/h4H,3,9H2,1-2H3/b5-4+. The van der Waals surface area contributed by atoms with E-state index in [1.54, 1.807) is 6.92 Å². The second-order valence-electron chi connectivity index (χ2n) is 1.96. The third kappa shape index (κ3) is 3.06. The molecule has 0 aromatic heterocycles. The van der Waals surface area contributed by atoms with Crippen LogP contribution >= 0.6 is 0 Å². The van der Waals surface area contributed by atoms with Gasteiger partial charge in [-0.05, 0) is 6.42 Å². The van der Waals surface area contributed by atoms with Crippen molar-refractivity contribution < 1.29 is 8.78 Å². The van der Waals surface area contributed by atoms with Gasteiger partial charge in [-0.3, -0.25) is 0 Å². The summed E-state index contributed by atoms with van der Waals surface area (Å²) in [5, 5.41) is 0. The van der Waals surface area contributed by atoms with Gasteiger partial charge in [-0.2, -0.15) is 0 Å². The molecule has 0 aliphatic heterocycles. The maximum atomic E-state index is 12.1. The summed E-state index contributed by atoms with van der Waals surface area (Å²) in [6, 6.07) is 0. The minimum absolute atomic E-state index is 0.343. The lowest BCUT2D eigenvalue weighted by atomic mass is 10.2. The fourth-order valence-electron chi connectivity index (χ4n) is 0.399. The number of halogens is 2. The van der Waals surface area contributed by atoms with Crippen LogP contribution in [0.15, 0.2) is 11.8 Å². The minimum Gasteiger partial charge on any atom is -0.397 e. The predicted octanol–water partition coefficient (Wildman–Crippen LogP) is 1.89. The molecule has 2 N–H and O–H groups in total. The molecule has 1 nitrogen and oxygen atoms in total. The fourth-order valence-corrected chi connectivity index (χ4v) is 0.399. The van der Waals surface area contributed by atoms with Crippen molar-refractivity contribution in [2.75, 3.05) is 0 Å². The van der Waals surface area contributed by atoms with Gasteiger partial charge in [0.25, 0.3) is 5.92 Å². The SMILES string of the molecule is CC/C=C(/N)C(C)(F)F. The summed E-state index contributed by atoms with van der Waals surface area (Å²) in [5.74, 6) is -2.85. The van der Waals surface area contributed by atoms with Crippen molar-refractivity contribution in [1.29, 1.82) is 0 Å². The Labute approximate surface area is 53.5 Å². The maximum absolute atomic E-state index is 12.1. The maximum Gasteiger partial charge on any atom is 0.284 e. The lowest BCUT2D eigenvalue weighted by Gasteiger charge is -2.08. The van der Waals surface area contributed by atoms with Gasteiger partial charge in [0.15, 0.2) is 0 Å². The third-order valence-electron chi connectivity index (χ3n) is 0.931. The number of hydrogen-bond acceptors (Lipinski definition) is 1. The molecule has 0 rings (SSSR count). The molecule has 0 spiro atoms. The quantitative estimate of drug-likeness (QED) is 0.614. The first-order valence-corrected chi connectivity index (χ1v) is 2.82. The molecule has 0 fully saturated rings. The van der Waals surface area contributed by atoms with Crippen molar-refractivity contribution in [3.8, 4) is 0 Å². The van der Waals surface area contributed by atoms with E-state index in [4.69, 9.17) is 5.73 Å². The van der Waals surface area contributed by atoms with Gasteiger partial charge in [-0.1, -0.05) is 13.0 Å². The van der Waals surface area contributed by atoms with Gasteiger partial charge in [-0.15, -0.1) is 0 Å². The molecule has 0 bridgehead atoms. The Morgan fingerprint density at radius 3 is 2.22 bits per heavy atom. The van der Waals surface area contributed by atoms with Crippen LogP contribution in [0.3, 0.4) is 0 Å². The Hall–Kier alpha value is -0.600. The second-order valence-corrected chi connectivity index (χ2v) is 1.96. The van der Waals surface area contributed by atoms with Crippen molar-refractivity contribution in [3.63, 3.8) is 0 Å². The molecule has 0 saturated carbocycles. The van der Waals surface area contributed by atoms with Crippen LogP contribution in [-0.2, 0) is 0 Å². The lowest BCUT2D eigenvalue weighted by molar-refractivity contribution is 0.0614. The normalized spacial score (nSPS) is 14.0. The summed E-state index contributed by atoms with van der Waals surface area (Å²) < 4.78 is 24.2. The molecule has 9 heavy (non-hydrogen) atoms. The molecule has 0 saturated heterocycles. The molecule has 0 aromatic rings. The van der Waals surface area contributed by atoms with Crippen LogP contribution in [0.4, 0.5) is 8.78 Å². The summed E-state index contributed by atoms with van der Waals surface area (Å²) in [6.45, 7) is 2.55. The van der Waals surface area contributed by atoms with Gasteiger partial charge < -0.3 is 5.73 Å². The fraction of sp³-hybridized carbons (Fsp3) is 0.667. The first-order chi connectivity index (χ1) is 3.98. The highest BCUT2D eigenvalue weighted by Crippen LogP contribution is 2.18. The topological polar surface area (TPSA) is 26.0 Å². The molecule has 0 amide bonds. The van der Waals surface area contributed by atoms with E-state index in [1.807, 2.05) is 0 Å². The predicted molar refractivity (Wildman–Crippen MR) is 33.2 cm³/mol. The van der Waals surface area contributed by atoms with E-state index in [0.717, 1.165) is 6.92 Å². The van der Waals surface area contributed by atoms with Crippen LogP contribution in [-0.4, -0.2) is 5.92 Å². The molecule has 0 radical (unpaired) electrons. The number of allylic oxidation sites excluding steroid dienone is 2. The number of alkyl halides is 2. The molecule has 54 valence electrons. The van der Waals surface area contributed by atoms with E-state index in [1.165, 1.54) is 6.08 Å². The zero-order valence-corrected chi connectivity index (χ0v) is 5.62. The van der Waals surface area contributed by atoms with Crippen molar-refractivity contribution in [2.24, 2.45) is 5.73 Å². The zero-order chi connectivity index (χ0) is 7.49. The van der Waals surface area contributed by atoms with Gasteiger partial charge in [0.05, 0.1) is 5.70 Å². The molecule has 0 atom stereocenters. The number of nitrogens with two attached hydrogens (primary N) is 1. The van der Waals surface area contributed by atoms with Gasteiger partial charge in [0.2, 0.25) is 0 Å². The first-order valence-electron chi connectivity index (χ1n) is 2.82. The number of hydrogen-bond donors (Lipinski definition) is 1. The van der Waals surface area contributed by atoms with Crippen molar-refractivity contribution in [1.82, 2.24) is 0 Å². The highest BCUT2D eigenvalue weighted by atomic mass is 19.3. The van der Waals surface area contributed by atoms with E-state index in [-0.39, 0.29) is 5.70 Å². The van der Waals surface area contributed by atoms with Crippen molar-refractivity contribution in [2.45, 2.75) is 26.2 Å². The van der Waals surface area contributed by atoms with E-state index < -0.39 is 5.92 Å². The van der Waals surface area contributed by atoms with E-state index in [0.29, 0.717) is 6.42 Å². The average Bonchev–Trinajstić information content (AvgIpc) is 1.64. The minimum atomic E-state index is -2.85. The van der Waals surface area contributed by atoms with E-state index in [9.17, 15) is 8.78 Å². The van der Waals surface area contributed by atoms with Crippen molar-refractivity contribution >= 4 is 0 Å². The van der Waals surface area contributed by atoms with Gasteiger partial charge in [-0.25, -0.2) is 8.78 Å². The third-order valence-corrected chi connectivity index (χ3v) is 0.931. The van der Waals surface area contributed by atoms with Gasteiger partial charge >= 0.3 is 0 Å². The Balaban J connectivity index is 4.03. The zero-order valence-electron chi connectivity index (χ0n) is 5.62. The Bertz CT molecular complexity index is 113. The van der Waals surface area contributed by atoms with E-state index >= 15 is 0 Å². The highest BCUT2D eigenvalue weighted by molar-refractivity contribution is 5.05. The number of rotatable bonds is 2. The smallest absolute Gasteiger partial charge is 0.284 e. The molecule has 0 aliphatic rings. The molecular formula is C6H11F2N. The van der Waals surface area contributed by atoms with Crippen LogP contribution in [0.25, 0.3) is 0 Å². The Kier molecular flexibility index (Phi) is 2.62.